The Morgan fingerprint density at radius 2 is 2.05 bits per heavy atom. The van der Waals surface area contributed by atoms with Crippen molar-refractivity contribution in [3.63, 3.8) is 0 Å². The number of carbonyl (C=O) groups excluding carboxylic acids is 1. The Hall–Kier alpha value is -0.810. The van der Waals surface area contributed by atoms with Crippen molar-refractivity contribution in [2.24, 2.45) is 5.41 Å². The molecule has 2 aliphatic heterocycles. The van der Waals surface area contributed by atoms with Gasteiger partial charge in [-0.15, -0.1) is 0 Å². The van der Waals surface area contributed by atoms with Crippen LogP contribution >= 0.6 is 0 Å². The summed E-state index contributed by atoms with van der Waals surface area (Å²) in [5, 5.41) is 7.06. The molecule has 0 aromatic rings. The van der Waals surface area contributed by atoms with Gasteiger partial charge < -0.3 is 20.3 Å². The normalized spacial score (nSPS) is 25.9. The largest absolute Gasteiger partial charge is 0.444 e. The van der Waals surface area contributed by atoms with E-state index in [-0.39, 0.29) is 6.09 Å². The number of rotatable bonds is 3. The summed E-state index contributed by atoms with van der Waals surface area (Å²) in [5.41, 5.74) is -0.115. The van der Waals surface area contributed by atoms with Gasteiger partial charge in [0, 0.05) is 32.2 Å². The topological polar surface area (TPSA) is 53.6 Å². The summed E-state index contributed by atoms with van der Waals surface area (Å²) in [7, 11) is 0. The van der Waals surface area contributed by atoms with E-state index in [1.54, 1.807) is 0 Å². The van der Waals surface area contributed by atoms with E-state index < -0.39 is 5.60 Å². The molecule has 5 nitrogen and oxygen atoms in total. The Labute approximate surface area is 128 Å². The van der Waals surface area contributed by atoms with E-state index in [0.29, 0.717) is 11.5 Å². The van der Waals surface area contributed by atoms with Crippen molar-refractivity contribution >= 4 is 6.09 Å². The van der Waals surface area contributed by atoms with Crippen molar-refractivity contribution in [3.8, 4) is 0 Å². The number of likely N-dealkylation sites (tertiary alicyclic amines) is 1. The van der Waals surface area contributed by atoms with Gasteiger partial charge in [-0.05, 0) is 52.0 Å². The Morgan fingerprint density at radius 3 is 2.57 bits per heavy atom. The minimum atomic E-state index is -0.408. The Kier molecular flexibility index (Phi) is 5.15. The van der Waals surface area contributed by atoms with Crippen LogP contribution in [0.3, 0.4) is 0 Å². The van der Waals surface area contributed by atoms with Gasteiger partial charge in [-0.2, -0.15) is 0 Å². The van der Waals surface area contributed by atoms with Gasteiger partial charge in [0.1, 0.15) is 5.60 Å². The molecule has 0 spiro atoms. The zero-order valence-electron chi connectivity index (χ0n) is 14.0. The molecule has 0 radical (unpaired) electrons. The van der Waals surface area contributed by atoms with Gasteiger partial charge in [0.25, 0.3) is 0 Å². The first kappa shape index (κ1) is 16.6. The highest BCUT2D eigenvalue weighted by Crippen LogP contribution is 2.31. The maximum absolute atomic E-state index is 12.1. The highest BCUT2D eigenvalue weighted by atomic mass is 16.6. The summed E-state index contributed by atoms with van der Waals surface area (Å²) < 4.78 is 5.45. The molecule has 1 amide bonds. The first-order chi connectivity index (χ1) is 9.77. The van der Waals surface area contributed by atoms with Crippen LogP contribution in [0.4, 0.5) is 4.79 Å². The predicted octanol–water partition coefficient (Wildman–Crippen LogP) is 1.98. The van der Waals surface area contributed by atoms with E-state index in [1.165, 1.54) is 6.42 Å². The third-order valence-electron chi connectivity index (χ3n) is 4.50. The molecular formula is C16H31N3O2. The van der Waals surface area contributed by atoms with Crippen molar-refractivity contribution in [1.82, 2.24) is 15.5 Å². The number of ether oxygens (including phenoxy) is 1. The quantitative estimate of drug-likeness (QED) is 0.836. The van der Waals surface area contributed by atoms with Crippen molar-refractivity contribution in [3.05, 3.63) is 0 Å². The zero-order chi connectivity index (χ0) is 15.5. The minimum absolute atomic E-state index is 0.169. The minimum Gasteiger partial charge on any atom is -0.444 e. The molecule has 0 aromatic heterocycles. The average molecular weight is 297 g/mol. The average Bonchev–Trinajstić information content (AvgIpc) is 2.88. The zero-order valence-corrected chi connectivity index (χ0v) is 14.0. The van der Waals surface area contributed by atoms with Crippen LogP contribution in [0.5, 0.6) is 0 Å². The highest BCUT2D eigenvalue weighted by molar-refractivity contribution is 5.68. The standard InChI is InChI=1S/C16H31N3O2/c1-15(2,3)21-14(20)19-9-6-16(4,7-10-19)12-18-13-5-8-17-11-13/h13,17-18H,5-12H2,1-4H3. The molecule has 2 N–H and O–H groups in total. The third kappa shape index (κ3) is 5.15. The molecule has 2 fully saturated rings. The van der Waals surface area contributed by atoms with Crippen LogP contribution in [0.2, 0.25) is 0 Å². The van der Waals surface area contributed by atoms with Crippen LogP contribution < -0.4 is 10.6 Å². The molecule has 0 bridgehead atoms. The Balaban J connectivity index is 1.74. The highest BCUT2D eigenvalue weighted by Gasteiger charge is 2.34. The van der Waals surface area contributed by atoms with Crippen molar-refractivity contribution in [1.29, 1.82) is 0 Å². The van der Waals surface area contributed by atoms with Crippen LogP contribution in [-0.4, -0.2) is 55.4 Å². The fraction of sp³-hybridized carbons (Fsp3) is 0.938. The fourth-order valence-electron chi connectivity index (χ4n) is 2.95. The van der Waals surface area contributed by atoms with Crippen LogP contribution in [0.15, 0.2) is 0 Å². The molecule has 2 rings (SSSR count). The number of nitrogens with zero attached hydrogens (tertiary/aromatic N) is 1. The molecule has 1 atom stereocenters. The maximum atomic E-state index is 12.1. The lowest BCUT2D eigenvalue weighted by Crippen LogP contribution is -2.48. The SMILES string of the molecule is CC1(CNC2CCNC2)CCN(C(=O)OC(C)(C)C)CC1. The van der Waals surface area contributed by atoms with Gasteiger partial charge in [-0.25, -0.2) is 4.79 Å². The molecule has 0 saturated carbocycles. The first-order valence-electron chi connectivity index (χ1n) is 8.19. The maximum Gasteiger partial charge on any atom is 0.410 e. The second-order valence-electron chi connectivity index (χ2n) is 7.85. The molecule has 0 aromatic carbocycles. The van der Waals surface area contributed by atoms with Crippen molar-refractivity contribution in [2.75, 3.05) is 32.7 Å². The molecular weight excluding hydrogens is 266 g/mol. The molecule has 2 heterocycles. The summed E-state index contributed by atoms with van der Waals surface area (Å²) in [6.45, 7) is 12.9. The molecule has 5 heteroatoms. The van der Waals surface area contributed by atoms with Crippen molar-refractivity contribution in [2.45, 2.75) is 58.6 Å². The van der Waals surface area contributed by atoms with Crippen LogP contribution in [-0.2, 0) is 4.74 Å². The lowest BCUT2D eigenvalue weighted by atomic mass is 9.80. The number of piperidine rings is 1. The van der Waals surface area contributed by atoms with Crippen LogP contribution in [0, 0.1) is 5.41 Å². The van der Waals surface area contributed by atoms with Crippen LogP contribution in [0.25, 0.3) is 0 Å². The Bertz CT molecular complexity index is 351. The summed E-state index contributed by atoms with van der Waals surface area (Å²) in [6.07, 6.45) is 3.14. The van der Waals surface area contributed by atoms with Gasteiger partial charge in [-0.3, -0.25) is 0 Å². The lowest BCUT2D eigenvalue weighted by molar-refractivity contribution is 0.0118. The molecule has 2 saturated heterocycles. The second-order valence-corrected chi connectivity index (χ2v) is 7.85. The Morgan fingerprint density at radius 1 is 1.38 bits per heavy atom. The summed E-state index contributed by atoms with van der Waals surface area (Å²) in [6, 6.07) is 0.616. The van der Waals surface area contributed by atoms with E-state index in [2.05, 4.69) is 17.6 Å². The monoisotopic (exact) mass is 297 g/mol. The number of nitrogens with one attached hydrogen (secondary N) is 2. The fourth-order valence-corrected chi connectivity index (χ4v) is 2.95. The molecule has 0 aliphatic carbocycles. The van der Waals surface area contributed by atoms with E-state index in [9.17, 15) is 4.79 Å². The first-order valence-corrected chi connectivity index (χ1v) is 8.19. The van der Waals surface area contributed by atoms with E-state index in [0.717, 1.165) is 45.6 Å². The molecule has 2 aliphatic rings. The van der Waals surface area contributed by atoms with Gasteiger partial charge >= 0.3 is 6.09 Å². The number of hydrogen-bond acceptors (Lipinski definition) is 4. The van der Waals surface area contributed by atoms with E-state index in [4.69, 9.17) is 4.74 Å². The van der Waals surface area contributed by atoms with Gasteiger partial charge in [0.15, 0.2) is 0 Å². The van der Waals surface area contributed by atoms with Gasteiger partial charge in [0.2, 0.25) is 0 Å². The second kappa shape index (κ2) is 6.53. The lowest BCUT2D eigenvalue weighted by Gasteiger charge is -2.40. The number of hydrogen-bond donors (Lipinski definition) is 2. The summed E-state index contributed by atoms with van der Waals surface area (Å²) in [5.74, 6) is 0. The smallest absolute Gasteiger partial charge is 0.410 e. The van der Waals surface area contributed by atoms with Gasteiger partial charge in [-0.1, -0.05) is 6.92 Å². The number of carbonyl (C=O) groups is 1. The van der Waals surface area contributed by atoms with E-state index in [1.807, 2.05) is 25.7 Å². The summed E-state index contributed by atoms with van der Waals surface area (Å²) in [4.78, 5) is 13.9. The molecule has 122 valence electrons. The summed E-state index contributed by atoms with van der Waals surface area (Å²) >= 11 is 0. The van der Waals surface area contributed by atoms with Crippen LogP contribution in [0.1, 0.15) is 47.0 Å². The van der Waals surface area contributed by atoms with E-state index >= 15 is 0 Å². The molecule has 1 unspecified atom stereocenters. The van der Waals surface area contributed by atoms with Crippen molar-refractivity contribution < 1.29 is 9.53 Å². The number of amides is 1. The predicted molar refractivity (Wildman–Crippen MR) is 84.4 cm³/mol. The third-order valence-corrected chi connectivity index (χ3v) is 4.50. The molecule has 21 heavy (non-hydrogen) atoms. The van der Waals surface area contributed by atoms with Gasteiger partial charge in [0.05, 0.1) is 0 Å².